The minimum atomic E-state index is -3.87. The van der Waals surface area contributed by atoms with Gasteiger partial charge in [0.2, 0.25) is 21.8 Å². The highest BCUT2D eigenvalue weighted by molar-refractivity contribution is 7.92. The van der Waals surface area contributed by atoms with Crippen molar-refractivity contribution < 1.29 is 27.5 Å². The number of hydrogen-bond acceptors (Lipinski definition) is 6. The summed E-state index contributed by atoms with van der Waals surface area (Å²) >= 11 is 6.31. The number of methoxy groups -OCH3 is 2. The van der Waals surface area contributed by atoms with E-state index in [-0.39, 0.29) is 24.2 Å². The topological polar surface area (TPSA) is 105 Å². The predicted molar refractivity (Wildman–Crippen MR) is 136 cm³/mol. The van der Waals surface area contributed by atoms with Crippen molar-refractivity contribution in [2.24, 2.45) is 0 Å². The molecule has 2 aromatic carbocycles. The summed E-state index contributed by atoms with van der Waals surface area (Å²) in [7, 11) is -0.982. The first-order valence-corrected chi connectivity index (χ1v) is 13.1. The van der Waals surface area contributed by atoms with Crippen LogP contribution in [0.5, 0.6) is 11.5 Å². The molecule has 1 N–H and O–H groups in total. The maximum Gasteiger partial charge on any atom is 0.244 e. The second kappa shape index (κ2) is 12.1. The molecule has 1 atom stereocenters. The van der Waals surface area contributed by atoms with Crippen molar-refractivity contribution in [3.05, 3.63) is 53.1 Å². The van der Waals surface area contributed by atoms with Crippen LogP contribution in [-0.2, 0) is 26.2 Å². The van der Waals surface area contributed by atoms with Gasteiger partial charge in [-0.2, -0.15) is 0 Å². The second-order valence-corrected chi connectivity index (χ2v) is 10.6. The molecule has 0 unspecified atom stereocenters. The molecular weight excluding hydrogens is 494 g/mol. The van der Waals surface area contributed by atoms with Gasteiger partial charge in [0.05, 0.1) is 26.2 Å². The third kappa shape index (κ3) is 7.50. The molecular formula is C24H32ClN3O6S. The summed E-state index contributed by atoms with van der Waals surface area (Å²) in [4.78, 5) is 27.6. The van der Waals surface area contributed by atoms with Crippen LogP contribution >= 0.6 is 11.6 Å². The second-order valence-electron chi connectivity index (χ2n) is 8.26. The van der Waals surface area contributed by atoms with Crippen LogP contribution in [0.1, 0.15) is 26.3 Å². The van der Waals surface area contributed by atoms with Crippen LogP contribution in [-0.4, -0.2) is 64.2 Å². The van der Waals surface area contributed by atoms with E-state index in [4.69, 9.17) is 21.1 Å². The molecule has 0 aliphatic rings. The Morgan fingerprint density at radius 3 is 2.20 bits per heavy atom. The Morgan fingerprint density at radius 1 is 1.03 bits per heavy atom. The summed E-state index contributed by atoms with van der Waals surface area (Å²) in [6.07, 6.45) is 1.00. The summed E-state index contributed by atoms with van der Waals surface area (Å²) in [6.45, 7) is 4.71. The molecule has 9 nitrogen and oxygen atoms in total. The first kappa shape index (κ1) is 28.3. The molecule has 11 heteroatoms. The van der Waals surface area contributed by atoms with E-state index in [9.17, 15) is 18.0 Å². The average Bonchev–Trinajstić information content (AvgIpc) is 2.79. The van der Waals surface area contributed by atoms with Gasteiger partial charge in [-0.25, -0.2) is 8.42 Å². The van der Waals surface area contributed by atoms with E-state index in [1.54, 1.807) is 37.3 Å². The van der Waals surface area contributed by atoms with Gasteiger partial charge in [-0.3, -0.25) is 13.9 Å². The van der Waals surface area contributed by atoms with Crippen LogP contribution in [0.2, 0.25) is 5.02 Å². The Morgan fingerprint density at radius 2 is 1.66 bits per heavy atom. The number of carbonyl (C=O) groups is 2. The Kier molecular flexibility index (Phi) is 9.79. The summed E-state index contributed by atoms with van der Waals surface area (Å²) < 4.78 is 36.8. The van der Waals surface area contributed by atoms with Crippen LogP contribution in [0.25, 0.3) is 0 Å². The summed E-state index contributed by atoms with van der Waals surface area (Å²) in [5.74, 6) is -0.215. The molecule has 0 saturated heterocycles. The molecule has 192 valence electrons. The highest BCUT2D eigenvalue weighted by Gasteiger charge is 2.31. The van der Waals surface area contributed by atoms with Gasteiger partial charge in [0.25, 0.3) is 0 Å². The number of halogens is 1. The quantitative estimate of drug-likeness (QED) is 0.483. The lowest BCUT2D eigenvalue weighted by molar-refractivity contribution is -0.139. The summed E-state index contributed by atoms with van der Waals surface area (Å²) in [5, 5.41) is 3.23. The zero-order chi connectivity index (χ0) is 26.3. The number of sulfonamides is 1. The predicted octanol–water partition coefficient (Wildman–Crippen LogP) is 3.07. The van der Waals surface area contributed by atoms with E-state index in [0.717, 1.165) is 10.6 Å². The molecule has 0 aromatic heterocycles. The normalized spacial score (nSPS) is 12.1. The maximum absolute atomic E-state index is 13.5. The number of amides is 2. The first-order valence-electron chi connectivity index (χ1n) is 10.9. The number of benzene rings is 2. The fourth-order valence-corrected chi connectivity index (χ4v) is 4.43. The van der Waals surface area contributed by atoms with Crippen molar-refractivity contribution in [2.75, 3.05) is 31.3 Å². The molecule has 0 fully saturated rings. The third-order valence-electron chi connectivity index (χ3n) is 5.23. The minimum Gasteiger partial charge on any atom is -0.493 e. The number of anilines is 1. The minimum absolute atomic E-state index is 0.0225. The average molecular weight is 526 g/mol. The maximum atomic E-state index is 13.5. The van der Waals surface area contributed by atoms with E-state index in [1.807, 2.05) is 13.8 Å². The van der Waals surface area contributed by atoms with Gasteiger partial charge in [-0.15, -0.1) is 0 Å². The molecule has 2 rings (SSSR count). The molecule has 0 aliphatic carbocycles. The van der Waals surface area contributed by atoms with Crippen molar-refractivity contribution in [1.82, 2.24) is 10.2 Å². The van der Waals surface area contributed by atoms with E-state index in [2.05, 4.69) is 5.32 Å². The highest BCUT2D eigenvalue weighted by atomic mass is 35.5. The number of nitrogens with zero attached hydrogens (tertiary/aromatic N) is 2. The van der Waals surface area contributed by atoms with Crippen molar-refractivity contribution >= 4 is 39.1 Å². The van der Waals surface area contributed by atoms with E-state index < -0.39 is 28.5 Å². The lowest BCUT2D eigenvalue weighted by atomic mass is 10.1. The first-order chi connectivity index (χ1) is 16.4. The largest absolute Gasteiger partial charge is 0.493 e. The number of hydrogen-bond donors (Lipinski definition) is 1. The van der Waals surface area contributed by atoms with E-state index in [1.165, 1.54) is 31.3 Å². The zero-order valence-corrected chi connectivity index (χ0v) is 22.3. The lowest BCUT2D eigenvalue weighted by Gasteiger charge is -2.32. The van der Waals surface area contributed by atoms with Crippen LogP contribution in [0.15, 0.2) is 42.5 Å². The highest BCUT2D eigenvalue weighted by Crippen LogP contribution is 2.32. The Hall–Kier alpha value is -2.98. The number of carbonyl (C=O) groups excluding carboxylic acids is 2. The molecule has 2 aromatic rings. The van der Waals surface area contributed by atoms with Gasteiger partial charge in [-0.1, -0.05) is 29.8 Å². The fourth-order valence-electron chi connectivity index (χ4n) is 3.39. The van der Waals surface area contributed by atoms with Gasteiger partial charge in [0, 0.05) is 23.7 Å². The van der Waals surface area contributed by atoms with Crippen LogP contribution in [0.3, 0.4) is 0 Å². The van der Waals surface area contributed by atoms with E-state index in [0.29, 0.717) is 22.1 Å². The van der Waals surface area contributed by atoms with Crippen LogP contribution in [0, 0.1) is 0 Å². The Bertz CT molecular complexity index is 1160. The fraction of sp³-hybridized carbons (Fsp3) is 0.417. The van der Waals surface area contributed by atoms with Crippen molar-refractivity contribution in [3.63, 3.8) is 0 Å². The number of rotatable bonds is 11. The SMILES string of the molecule is COc1ccc(N(CC(=O)N(Cc2ccccc2Cl)[C@@H](C)C(=O)NC(C)C)S(C)(=O)=O)cc1OC. The summed E-state index contributed by atoms with van der Waals surface area (Å²) in [6, 6.07) is 10.5. The number of ether oxygens (including phenoxy) is 2. The third-order valence-corrected chi connectivity index (χ3v) is 6.74. The molecule has 0 spiro atoms. The van der Waals surface area contributed by atoms with Gasteiger partial charge in [-0.05, 0) is 44.5 Å². The van der Waals surface area contributed by atoms with Gasteiger partial charge in [0.15, 0.2) is 11.5 Å². The monoisotopic (exact) mass is 525 g/mol. The molecule has 0 heterocycles. The lowest BCUT2D eigenvalue weighted by Crippen LogP contribution is -2.52. The molecule has 35 heavy (non-hydrogen) atoms. The summed E-state index contributed by atoms with van der Waals surface area (Å²) in [5.41, 5.74) is 0.846. The Balaban J connectivity index is 2.45. The van der Waals surface area contributed by atoms with Crippen molar-refractivity contribution in [3.8, 4) is 11.5 Å². The molecule has 0 radical (unpaired) electrons. The Labute approximate surface area is 212 Å². The van der Waals surface area contributed by atoms with Gasteiger partial charge in [0.1, 0.15) is 12.6 Å². The van der Waals surface area contributed by atoms with E-state index >= 15 is 0 Å². The molecule has 2 amide bonds. The number of nitrogens with one attached hydrogen (secondary N) is 1. The van der Waals surface area contributed by atoms with Crippen LogP contribution in [0.4, 0.5) is 5.69 Å². The van der Waals surface area contributed by atoms with Crippen LogP contribution < -0.4 is 19.1 Å². The standard InChI is InChI=1S/C24H32ClN3O6S/c1-16(2)26-24(30)17(3)27(14-18-9-7-8-10-20(18)25)23(29)15-28(35(6,31)32)19-11-12-21(33-4)22(13-19)34-5/h7-13,16-17H,14-15H2,1-6H3,(H,26,30)/t17-/m0/s1. The zero-order valence-electron chi connectivity index (χ0n) is 20.7. The van der Waals surface area contributed by atoms with Crippen molar-refractivity contribution in [1.29, 1.82) is 0 Å². The van der Waals surface area contributed by atoms with Gasteiger partial charge < -0.3 is 19.7 Å². The van der Waals surface area contributed by atoms with Crippen molar-refractivity contribution in [2.45, 2.75) is 39.4 Å². The smallest absolute Gasteiger partial charge is 0.244 e. The van der Waals surface area contributed by atoms with Gasteiger partial charge >= 0.3 is 0 Å². The molecule has 0 bridgehead atoms. The molecule has 0 aliphatic heterocycles. The molecule has 0 saturated carbocycles.